The second-order valence-corrected chi connectivity index (χ2v) is 3.42. The molecule has 0 bridgehead atoms. The summed E-state index contributed by atoms with van der Waals surface area (Å²) < 4.78 is 21.1. The van der Waals surface area contributed by atoms with Crippen LogP contribution in [0.3, 0.4) is 0 Å². The van der Waals surface area contributed by atoms with Gasteiger partial charge in [0.2, 0.25) is 17.2 Å². The van der Waals surface area contributed by atoms with Gasteiger partial charge in [0, 0.05) is 12.1 Å². The van der Waals surface area contributed by atoms with Crippen molar-refractivity contribution >= 4 is 17.2 Å². The van der Waals surface area contributed by atoms with Gasteiger partial charge in [0.25, 0.3) is 0 Å². The Hall–Kier alpha value is -1.24. The van der Waals surface area contributed by atoms with Gasteiger partial charge in [-0.25, -0.2) is 8.93 Å². The molecule has 0 saturated carbocycles. The Balaban J connectivity index is 2.73. The lowest BCUT2D eigenvalue weighted by molar-refractivity contribution is 0.1000. The first-order chi connectivity index (χ1) is 6.59. The molecule has 1 aromatic rings. The lowest BCUT2D eigenvalue weighted by atomic mass is 10.1. The number of nitrogens with one attached hydrogen (secondary N) is 1. The number of amides is 1. The van der Waals surface area contributed by atoms with Crippen molar-refractivity contribution in [1.29, 1.82) is 0 Å². The largest absolute Gasteiger partial charge is 0.366 e. The maximum absolute atomic E-state index is 10.8. The maximum atomic E-state index is 10.8. The molecule has 76 valence electrons. The van der Waals surface area contributed by atoms with E-state index in [2.05, 4.69) is 4.72 Å². The van der Waals surface area contributed by atoms with E-state index in [1.807, 2.05) is 0 Å². The molecular weight excluding hydrogens is 204 g/mol. The molecule has 1 unspecified atom stereocenters. The summed E-state index contributed by atoms with van der Waals surface area (Å²) in [4.78, 5) is 10.8. The zero-order valence-corrected chi connectivity index (χ0v) is 8.08. The van der Waals surface area contributed by atoms with Crippen LogP contribution in [0.25, 0.3) is 0 Å². The second kappa shape index (κ2) is 4.85. The molecule has 1 amide bonds. The molecule has 0 spiro atoms. The first-order valence-corrected chi connectivity index (χ1v) is 4.93. The van der Waals surface area contributed by atoms with Crippen LogP contribution in [0.4, 0.5) is 0 Å². The fourth-order valence-electron chi connectivity index (χ4n) is 0.980. The van der Waals surface area contributed by atoms with Crippen LogP contribution in [0.15, 0.2) is 24.3 Å². The lowest BCUT2D eigenvalue weighted by Gasteiger charge is -2.01. The molecule has 0 aromatic heterocycles. The van der Waals surface area contributed by atoms with Crippen LogP contribution in [0.2, 0.25) is 0 Å². The number of primary amides is 1. The highest BCUT2D eigenvalue weighted by Gasteiger charge is 2.01. The highest BCUT2D eigenvalue weighted by molar-refractivity contribution is 7.77. The Morgan fingerprint density at radius 3 is 2.86 bits per heavy atom. The third-order valence-electron chi connectivity index (χ3n) is 1.61. The van der Waals surface area contributed by atoms with E-state index in [0.717, 1.165) is 5.56 Å². The molecule has 6 heteroatoms. The first kappa shape index (κ1) is 10.8. The van der Waals surface area contributed by atoms with Gasteiger partial charge in [-0.2, -0.15) is 0 Å². The molecular formula is C8H10N2O3S. The number of nitrogens with two attached hydrogens (primary N) is 1. The monoisotopic (exact) mass is 214 g/mol. The zero-order chi connectivity index (χ0) is 10.6. The minimum atomic E-state index is -2.05. The van der Waals surface area contributed by atoms with E-state index in [9.17, 15) is 9.00 Å². The van der Waals surface area contributed by atoms with E-state index in [0.29, 0.717) is 5.56 Å². The van der Waals surface area contributed by atoms with Crippen LogP contribution in [-0.4, -0.2) is 14.7 Å². The van der Waals surface area contributed by atoms with E-state index >= 15 is 0 Å². The highest BCUT2D eigenvalue weighted by atomic mass is 32.2. The molecule has 0 heterocycles. The van der Waals surface area contributed by atoms with Gasteiger partial charge in [-0.15, -0.1) is 0 Å². The average Bonchev–Trinajstić information content (AvgIpc) is 2.15. The fraction of sp³-hybridized carbons (Fsp3) is 0.125. The summed E-state index contributed by atoms with van der Waals surface area (Å²) in [7, 11) is 0. The van der Waals surface area contributed by atoms with E-state index in [4.69, 9.17) is 10.3 Å². The number of carbonyl (C=O) groups is 1. The van der Waals surface area contributed by atoms with Crippen molar-refractivity contribution < 1.29 is 13.6 Å². The van der Waals surface area contributed by atoms with Crippen molar-refractivity contribution in [1.82, 2.24) is 4.72 Å². The molecule has 14 heavy (non-hydrogen) atoms. The van der Waals surface area contributed by atoms with Gasteiger partial charge in [-0.1, -0.05) is 12.1 Å². The zero-order valence-electron chi connectivity index (χ0n) is 7.27. The van der Waals surface area contributed by atoms with E-state index in [-0.39, 0.29) is 6.54 Å². The molecule has 4 N–H and O–H groups in total. The number of hydrogen-bond acceptors (Lipinski definition) is 2. The predicted molar refractivity (Wildman–Crippen MR) is 52.6 cm³/mol. The SMILES string of the molecule is NC(=O)c1cccc(CNS(=O)O)c1. The van der Waals surface area contributed by atoms with Crippen molar-refractivity contribution in [2.75, 3.05) is 0 Å². The third-order valence-corrected chi connectivity index (χ3v) is 2.00. The number of benzene rings is 1. The summed E-state index contributed by atoms with van der Waals surface area (Å²) in [6.07, 6.45) is 0. The average molecular weight is 214 g/mol. The van der Waals surface area contributed by atoms with Crippen LogP contribution in [0.1, 0.15) is 15.9 Å². The minimum Gasteiger partial charge on any atom is -0.366 e. The standard InChI is InChI=1S/C8H10N2O3S/c9-8(11)7-3-1-2-6(4-7)5-10-14(12)13/h1-4,10H,5H2,(H2,9,11)(H,12,13). The molecule has 1 atom stereocenters. The molecule has 1 rings (SSSR count). The van der Waals surface area contributed by atoms with Crippen LogP contribution in [0.5, 0.6) is 0 Å². The van der Waals surface area contributed by atoms with E-state index in [1.165, 1.54) is 0 Å². The van der Waals surface area contributed by atoms with Crippen LogP contribution < -0.4 is 10.5 Å². The van der Waals surface area contributed by atoms with Gasteiger partial charge in [-0.05, 0) is 17.7 Å². The van der Waals surface area contributed by atoms with Crippen LogP contribution in [0, 0.1) is 0 Å². The van der Waals surface area contributed by atoms with Gasteiger partial charge in [-0.3, -0.25) is 9.35 Å². The van der Waals surface area contributed by atoms with Crippen molar-refractivity contribution in [3.63, 3.8) is 0 Å². The molecule has 0 saturated heterocycles. The summed E-state index contributed by atoms with van der Waals surface area (Å²) in [5.41, 5.74) is 6.18. The number of hydrogen-bond donors (Lipinski definition) is 3. The van der Waals surface area contributed by atoms with Crippen molar-refractivity contribution in [3.8, 4) is 0 Å². The topological polar surface area (TPSA) is 92.4 Å². The summed E-state index contributed by atoms with van der Waals surface area (Å²) in [6.45, 7) is 0.213. The Bertz CT molecular complexity index is 367. The number of carbonyl (C=O) groups excluding carboxylic acids is 1. The Morgan fingerprint density at radius 2 is 2.29 bits per heavy atom. The van der Waals surface area contributed by atoms with Gasteiger partial charge < -0.3 is 5.73 Å². The summed E-state index contributed by atoms with van der Waals surface area (Å²) in [5, 5.41) is 0. The fourth-order valence-corrected chi connectivity index (χ4v) is 1.27. The maximum Gasteiger partial charge on any atom is 0.248 e. The van der Waals surface area contributed by atoms with Crippen LogP contribution >= 0.6 is 0 Å². The molecule has 0 aliphatic rings. The first-order valence-electron chi connectivity index (χ1n) is 3.82. The van der Waals surface area contributed by atoms with Crippen LogP contribution in [-0.2, 0) is 17.8 Å². The summed E-state index contributed by atoms with van der Waals surface area (Å²) in [6, 6.07) is 6.55. The van der Waals surface area contributed by atoms with E-state index in [1.54, 1.807) is 24.3 Å². The molecule has 0 radical (unpaired) electrons. The molecule has 1 aromatic carbocycles. The molecule has 0 aliphatic heterocycles. The van der Waals surface area contributed by atoms with Gasteiger partial charge in [0.15, 0.2) is 0 Å². The molecule has 5 nitrogen and oxygen atoms in total. The van der Waals surface area contributed by atoms with Crippen molar-refractivity contribution in [2.45, 2.75) is 6.54 Å². The Kier molecular flexibility index (Phi) is 3.75. The highest BCUT2D eigenvalue weighted by Crippen LogP contribution is 2.04. The van der Waals surface area contributed by atoms with Gasteiger partial charge >= 0.3 is 0 Å². The number of rotatable bonds is 4. The minimum absolute atomic E-state index is 0.213. The summed E-state index contributed by atoms with van der Waals surface area (Å²) >= 11 is -2.05. The Labute approximate surface area is 83.7 Å². The third kappa shape index (κ3) is 3.25. The molecule has 0 fully saturated rings. The van der Waals surface area contributed by atoms with Crippen molar-refractivity contribution in [3.05, 3.63) is 35.4 Å². The summed E-state index contributed by atoms with van der Waals surface area (Å²) in [5.74, 6) is -0.517. The Morgan fingerprint density at radius 1 is 1.57 bits per heavy atom. The smallest absolute Gasteiger partial charge is 0.248 e. The quantitative estimate of drug-likeness (QED) is 0.616. The second-order valence-electron chi connectivity index (χ2n) is 2.63. The lowest BCUT2D eigenvalue weighted by Crippen LogP contribution is -2.16. The van der Waals surface area contributed by atoms with Gasteiger partial charge in [0.1, 0.15) is 0 Å². The normalized spacial score (nSPS) is 12.4. The van der Waals surface area contributed by atoms with E-state index < -0.39 is 17.2 Å². The van der Waals surface area contributed by atoms with Crippen molar-refractivity contribution in [2.24, 2.45) is 5.73 Å². The predicted octanol–water partition coefficient (Wildman–Crippen LogP) is 0.0118. The molecule has 0 aliphatic carbocycles. The van der Waals surface area contributed by atoms with Gasteiger partial charge in [0.05, 0.1) is 0 Å².